The van der Waals surface area contributed by atoms with E-state index in [0.717, 1.165) is 6.92 Å². The molecular formula is C12H11F11O3. The van der Waals surface area contributed by atoms with Crippen LogP contribution in [0.4, 0.5) is 48.3 Å². The van der Waals surface area contributed by atoms with E-state index in [0.29, 0.717) is 0 Å². The molecule has 0 bridgehead atoms. The molecule has 1 atom stereocenters. The first kappa shape index (κ1) is 24.4. The van der Waals surface area contributed by atoms with E-state index in [4.69, 9.17) is 5.11 Å². The van der Waals surface area contributed by atoms with Crippen LogP contribution in [0.5, 0.6) is 0 Å². The van der Waals surface area contributed by atoms with Crippen LogP contribution in [0.1, 0.15) is 13.3 Å². The number of aliphatic hydroxyl groups excluding tert-OH is 1. The molecule has 0 aromatic heterocycles. The maximum Gasteiger partial charge on any atom is 0.438 e. The number of carbonyl (C=O) groups excluding carboxylic acids is 1. The smallest absolute Gasteiger partial charge is 0.438 e. The molecule has 0 heterocycles. The fraction of sp³-hybridized carbons (Fsp3) is 0.750. The molecule has 14 heteroatoms. The number of alkyl halides is 11. The average Bonchev–Trinajstić information content (AvgIpc) is 2.40. The van der Waals surface area contributed by atoms with Gasteiger partial charge in [0.1, 0.15) is 6.61 Å². The second-order valence-corrected chi connectivity index (χ2v) is 5.17. The predicted molar refractivity (Wildman–Crippen MR) is 62.2 cm³/mol. The van der Waals surface area contributed by atoms with Crippen LogP contribution in [-0.2, 0) is 9.53 Å². The van der Waals surface area contributed by atoms with Gasteiger partial charge in [-0.3, -0.25) is 0 Å². The summed E-state index contributed by atoms with van der Waals surface area (Å²) in [4.78, 5) is 10.9. The molecular weight excluding hydrogens is 401 g/mol. The zero-order valence-corrected chi connectivity index (χ0v) is 12.6. The molecule has 0 aliphatic rings. The summed E-state index contributed by atoms with van der Waals surface area (Å²) >= 11 is 0. The van der Waals surface area contributed by atoms with Crippen molar-refractivity contribution in [2.75, 3.05) is 6.61 Å². The summed E-state index contributed by atoms with van der Waals surface area (Å²) in [5.74, 6) is -15.0. The first-order valence-corrected chi connectivity index (χ1v) is 6.31. The minimum atomic E-state index is -7.59. The van der Waals surface area contributed by atoms with Gasteiger partial charge in [-0.25, -0.2) is 9.18 Å². The zero-order chi connectivity index (χ0) is 21.4. The average molecular weight is 412 g/mol. The first-order chi connectivity index (χ1) is 11.2. The van der Waals surface area contributed by atoms with Gasteiger partial charge in [-0.15, -0.1) is 0 Å². The summed E-state index contributed by atoms with van der Waals surface area (Å²) in [6.45, 7) is 2.56. The minimum absolute atomic E-state index is 0.341. The van der Waals surface area contributed by atoms with E-state index in [1.54, 1.807) is 0 Å². The third-order valence-corrected chi connectivity index (χ3v) is 2.92. The van der Waals surface area contributed by atoms with Crippen molar-refractivity contribution in [3.05, 3.63) is 12.2 Å². The molecule has 0 fully saturated rings. The zero-order valence-electron chi connectivity index (χ0n) is 12.6. The topological polar surface area (TPSA) is 46.5 Å². The SMILES string of the molecule is C=C(C)C(=O)OC[C@H](O)CC(F)(F)C(F)(F)C(F)(C(F)(F)F)C(F)(F)F. The number of hydrogen-bond acceptors (Lipinski definition) is 3. The van der Waals surface area contributed by atoms with Crippen molar-refractivity contribution in [2.24, 2.45) is 0 Å². The van der Waals surface area contributed by atoms with Crippen molar-refractivity contribution >= 4 is 5.97 Å². The van der Waals surface area contributed by atoms with E-state index in [1.807, 2.05) is 0 Å². The first-order valence-electron chi connectivity index (χ1n) is 6.31. The summed E-state index contributed by atoms with van der Waals surface area (Å²) in [6.07, 6.45) is -20.5. The van der Waals surface area contributed by atoms with Gasteiger partial charge in [0, 0.05) is 12.0 Å². The van der Waals surface area contributed by atoms with Crippen LogP contribution in [0, 0.1) is 0 Å². The number of esters is 1. The van der Waals surface area contributed by atoms with Gasteiger partial charge in [0.2, 0.25) is 0 Å². The molecule has 0 amide bonds. The quantitative estimate of drug-likeness (QED) is 0.391. The Labute approximate surface area is 138 Å². The predicted octanol–water partition coefficient (Wildman–Crippen LogP) is 3.96. The van der Waals surface area contributed by atoms with E-state index in [9.17, 15) is 53.1 Å². The Bertz CT molecular complexity index is 522. The number of hydrogen-bond donors (Lipinski definition) is 1. The molecule has 0 aliphatic carbocycles. The fourth-order valence-electron chi connectivity index (χ4n) is 1.55. The lowest BCUT2D eigenvalue weighted by Crippen LogP contribution is -2.70. The Hall–Kier alpha value is -1.60. The summed E-state index contributed by atoms with van der Waals surface area (Å²) in [6, 6.07) is 0. The summed E-state index contributed by atoms with van der Waals surface area (Å²) in [7, 11) is 0. The summed E-state index contributed by atoms with van der Waals surface area (Å²) < 4.78 is 144. The van der Waals surface area contributed by atoms with Crippen molar-refractivity contribution in [2.45, 2.75) is 49.3 Å². The van der Waals surface area contributed by atoms with Crippen LogP contribution >= 0.6 is 0 Å². The molecule has 0 saturated carbocycles. The Morgan fingerprint density at radius 2 is 1.35 bits per heavy atom. The van der Waals surface area contributed by atoms with Crippen LogP contribution < -0.4 is 0 Å². The number of ether oxygens (including phenoxy) is 1. The lowest BCUT2D eigenvalue weighted by atomic mass is 9.88. The molecule has 0 rings (SSSR count). The van der Waals surface area contributed by atoms with E-state index < -0.39 is 55.0 Å². The van der Waals surface area contributed by atoms with E-state index in [-0.39, 0.29) is 5.57 Å². The maximum absolute atomic E-state index is 13.4. The van der Waals surface area contributed by atoms with Gasteiger partial charge >= 0.3 is 35.8 Å². The van der Waals surface area contributed by atoms with Crippen LogP contribution in [-0.4, -0.2) is 53.7 Å². The molecule has 154 valence electrons. The Kier molecular flexibility index (Phi) is 6.75. The van der Waals surface area contributed by atoms with E-state index in [1.165, 1.54) is 0 Å². The molecule has 0 saturated heterocycles. The maximum atomic E-state index is 13.4. The summed E-state index contributed by atoms with van der Waals surface area (Å²) in [5, 5.41) is 9.04. The monoisotopic (exact) mass is 412 g/mol. The van der Waals surface area contributed by atoms with Gasteiger partial charge in [-0.1, -0.05) is 6.58 Å². The van der Waals surface area contributed by atoms with Gasteiger partial charge in [0.15, 0.2) is 0 Å². The molecule has 0 spiro atoms. The van der Waals surface area contributed by atoms with Crippen molar-refractivity contribution in [3.8, 4) is 0 Å². The Balaban J connectivity index is 5.65. The van der Waals surface area contributed by atoms with E-state index >= 15 is 0 Å². The van der Waals surface area contributed by atoms with Crippen LogP contribution in [0.3, 0.4) is 0 Å². The molecule has 1 N–H and O–H groups in total. The highest BCUT2D eigenvalue weighted by molar-refractivity contribution is 5.86. The minimum Gasteiger partial charge on any atom is -0.460 e. The normalized spacial score (nSPS) is 15.6. The largest absolute Gasteiger partial charge is 0.460 e. The molecule has 26 heavy (non-hydrogen) atoms. The number of halogens is 11. The van der Waals surface area contributed by atoms with Crippen molar-refractivity contribution in [1.29, 1.82) is 0 Å². The van der Waals surface area contributed by atoms with Crippen molar-refractivity contribution in [3.63, 3.8) is 0 Å². The number of rotatable bonds is 7. The fourth-order valence-corrected chi connectivity index (χ4v) is 1.55. The standard InChI is InChI=1S/C12H11F11O3/c1-5(2)7(25)26-4-6(24)3-8(13,14)10(16,17)9(15,11(18,19)20)12(21,22)23/h6,24H,1,3-4H2,2H3/t6-/m1/s1. The Morgan fingerprint density at radius 1 is 0.962 bits per heavy atom. The van der Waals surface area contributed by atoms with Gasteiger partial charge in [-0.2, -0.15) is 43.9 Å². The highest BCUT2D eigenvalue weighted by Gasteiger charge is 2.89. The van der Waals surface area contributed by atoms with E-state index in [2.05, 4.69) is 11.3 Å². The third kappa shape index (κ3) is 4.38. The molecule has 0 radical (unpaired) electrons. The summed E-state index contributed by atoms with van der Waals surface area (Å²) in [5.41, 5.74) is -7.93. The highest BCUT2D eigenvalue weighted by atomic mass is 19.4. The van der Waals surface area contributed by atoms with Crippen LogP contribution in [0.15, 0.2) is 12.2 Å². The van der Waals surface area contributed by atoms with Gasteiger partial charge in [0.25, 0.3) is 0 Å². The van der Waals surface area contributed by atoms with Gasteiger partial charge in [-0.05, 0) is 6.92 Å². The van der Waals surface area contributed by atoms with Gasteiger partial charge in [0.05, 0.1) is 6.10 Å². The Morgan fingerprint density at radius 3 is 1.65 bits per heavy atom. The van der Waals surface area contributed by atoms with Crippen LogP contribution in [0.2, 0.25) is 0 Å². The van der Waals surface area contributed by atoms with Crippen molar-refractivity contribution in [1.82, 2.24) is 0 Å². The third-order valence-electron chi connectivity index (χ3n) is 2.92. The second kappa shape index (κ2) is 7.19. The number of carbonyl (C=O) groups is 1. The second-order valence-electron chi connectivity index (χ2n) is 5.17. The number of aliphatic hydroxyl groups is 1. The molecule has 0 aromatic carbocycles. The van der Waals surface area contributed by atoms with Gasteiger partial charge < -0.3 is 9.84 Å². The lowest BCUT2D eigenvalue weighted by Gasteiger charge is -2.40. The molecule has 0 aliphatic heterocycles. The molecule has 0 aromatic rings. The van der Waals surface area contributed by atoms with Crippen molar-refractivity contribution < 1.29 is 62.9 Å². The molecule has 3 nitrogen and oxygen atoms in total. The highest BCUT2D eigenvalue weighted by Crippen LogP contribution is 2.59. The van der Waals surface area contributed by atoms with Crippen LogP contribution in [0.25, 0.3) is 0 Å². The lowest BCUT2D eigenvalue weighted by molar-refractivity contribution is -0.428. The molecule has 0 unspecified atom stereocenters.